The molecule has 1 aliphatic heterocycles. The van der Waals surface area contributed by atoms with Gasteiger partial charge in [0.2, 0.25) is 0 Å². The minimum atomic E-state index is 0.591. The number of amidine groups is 1. The van der Waals surface area contributed by atoms with Crippen LogP contribution in [-0.4, -0.2) is 17.9 Å². The second-order valence-corrected chi connectivity index (χ2v) is 4.73. The van der Waals surface area contributed by atoms with E-state index in [1.807, 2.05) is 0 Å². The van der Waals surface area contributed by atoms with Gasteiger partial charge in [0.05, 0.1) is 11.9 Å². The molecule has 0 spiro atoms. The highest BCUT2D eigenvalue weighted by atomic mass is 15.1. The predicted octanol–water partition coefficient (Wildman–Crippen LogP) is 2.88. The lowest BCUT2D eigenvalue weighted by molar-refractivity contribution is 0.413. The van der Waals surface area contributed by atoms with Crippen molar-refractivity contribution in [2.24, 2.45) is 4.99 Å². The minimum absolute atomic E-state index is 0.591. The molecule has 1 aliphatic carbocycles. The quantitative estimate of drug-likeness (QED) is 0.630. The molecule has 1 N–H and O–H groups in total. The van der Waals surface area contributed by atoms with Crippen molar-refractivity contribution in [3.63, 3.8) is 0 Å². The monoisotopic (exact) mass is 194 g/mol. The molecular formula is C12H22N2. The van der Waals surface area contributed by atoms with Crippen molar-refractivity contribution >= 4 is 5.84 Å². The van der Waals surface area contributed by atoms with Crippen LogP contribution in [0, 0.1) is 0 Å². The van der Waals surface area contributed by atoms with Gasteiger partial charge in [-0.25, -0.2) is 0 Å². The molecule has 1 saturated carbocycles. The predicted molar refractivity (Wildman–Crippen MR) is 60.8 cm³/mol. The van der Waals surface area contributed by atoms with Gasteiger partial charge in [-0.1, -0.05) is 38.5 Å². The van der Waals surface area contributed by atoms with E-state index in [1.165, 1.54) is 57.2 Å². The summed E-state index contributed by atoms with van der Waals surface area (Å²) in [4.78, 5) is 4.69. The van der Waals surface area contributed by atoms with Crippen molar-refractivity contribution in [3.8, 4) is 0 Å². The van der Waals surface area contributed by atoms with Gasteiger partial charge in [-0.05, 0) is 19.8 Å². The fraction of sp³-hybridized carbons (Fsp3) is 0.917. The van der Waals surface area contributed by atoms with Crippen LogP contribution in [0.15, 0.2) is 4.99 Å². The van der Waals surface area contributed by atoms with E-state index in [1.54, 1.807) is 0 Å². The molecule has 0 bridgehead atoms. The fourth-order valence-electron chi connectivity index (χ4n) is 2.70. The van der Waals surface area contributed by atoms with Gasteiger partial charge in [-0.2, -0.15) is 0 Å². The molecule has 14 heavy (non-hydrogen) atoms. The Hall–Kier alpha value is -0.530. The Bertz CT molecular complexity index is 210. The van der Waals surface area contributed by atoms with Gasteiger partial charge in [-0.3, -0.25) is 4.99 Å². The molecule has 0 radical (unpaired) electrons. The molecule has 0 aromatic rings. The number of hydrogen-bond acceptors (Lipinski definition) is 2. The smallest absolute Gasteiger partial charge is 0.0938 e. The van der Waals surface area contributed by atoms with Crippen LogP contribution in [0.3, 0.4) is 0 Å². The number of fused-ring (bicyclic) bond motifs is 1. The number of nitrogens with zero attached hydrogens (tertiary/aromatic N) is 1. The van der Waals surface area contributed by atoms with Crippen LogP contribution in [-0.2, 0) is 0 Å². The highest BCUT2D eigenvalue weighted by Crippen LogP contribution is 2.22. The van der Waals surface area contributed by atoms with Crippen LogP contribution in [0.1, 0.15) is 58.3 Å². The molecule has 1 heterocycles. The fourth-order valence-corrected chi connectivity index (χ4v) is 2.70. The molecule has 2 nitrogen and oxygen atoms in total. The first-order chi connectivity index (χ1) is 6.86. The standard InChI is InChI=1S/C12H22N2/c1-10-13-11-8-6-4-2-3-5-7-9-12(11)14-10/h11-12H,2-9H2,1H3,(H,13,14). The van der Waals surface area contributed by atoms with E-state index < -0.39 is 0 Å². The molecule has 0 amide bonds. The van der Waals surface area contributed by atoms with E-state index in [2.05, 4.69) is 17.2 Å². The molecule has 2 heteroatoms. The van der Waals surface area contributed by atoms with Gasteiger partial charge >= 0.3 is 0 Å². The molecule has 0 aromatic heterocycles. The van der Waals surface area contributed by atoms with Crippen molar-refractivity contribution in [1.82, 2.24) is 5.32 Å². The summed E-state index contributed by atoms with van der Waals surface area (Å²) in [5.41, 5.74) is 0. The van der Waals surface area contributed by atoms with E-state index >= 15 is 0 Å². The largest absolute Gasteiger partial charge is 0.369 e. The third kappa shape index (κ3) is 2.49. The number of hydrogen-bond donors (Lipinski definition) is 1. The summed E-state index contributed by atoms with van der Waals surface area (Å²) in [6.45, 7) is 2.10. The van der Waals surface area contributed by atoms with Gasteiger partial charge in [0, 0.05) is 6.04 Å². The number of rotatable bonds is 0. The van der Waals surface area contributed by atoms with Crippen molar-refractivity contribution in [1.29, 1.82) is 0 Å². The van der Waals surface area contributed by atoms with Gasteiger partial charge in [0.15, 0.2) is 0 Å². The number of nitrogens with one attached hydrogen (secondary N) is 1. The summed E-state index contributed by atoms with van der Waals surface area (Å²) in [6.07, 6.45) is 11.1. The molecule has 2 rings (SSSR count). The molecule has 0 aromatic carbocycles. The highest BCUT2D eigenvalue weighted by Gasteiger charge is 2.25. The SMILES string of the molecule is CC1=NC2CCCCCCCCC2N1. The third-order valence-corrected chi connectivity index (χ3v) is 3.48. The number of aliphatic imine (C=N–C) groups is 1. The average Bonchev–Trinajstić information content (AvgIpc) is 2.52. The van der Waals surface area contributed by atoms with Crippen molar-refractivity contribution < 1.29 is 0 Å². The van der Waals surface area contributed by atoms with Crippen molar-refractivity contribution in [2.45, 2.75) is 70.4 Å². The summed E-state index contributed by atoms with van der Waals surface area (Å²) < 4.78 is 0. The Morgan fingerprint density at radius 2 is 1.64 bits per heavy atom. The summed E-state index contributed by atoms with van der Waals surface area (Å²) >= 11 is 0. The van der Waals surface area contributed by atoms with E-state index in [4.69, 9.17) is 0 Å². The van der Waals surface area contributed by atoms with E-state index in [0.29, 0.717) is 12.1 Å². The third-order valence-electron chi connectivity index (χ3n) is 3.48. The summed E-state index contributed by atoms with van der Waals surface area (Å²) in [5, 5.41) is 3.52. The zero-order chi connectivity index (χ0) is 9.80. The maximum atomic E-state index is 4.69. The van der Waals surface area contributed by atoms with Crippen LogP contribution in [0.2, 0.25) is 0 Å². The first-order valence-electron chi connectivity index (χ1n) is 6.17. The second kappa shape index (κ2) is 4.81. The van der Waals surface area contributed by atoms with E-state index in [0.717, 1.165) is 0 Å². The molecule has 2 atom stereocenters. The lowest BCUT2D eigenvalue weighted by Crippen LogP contribution is -2.34. The van der Waals surface area contributed by atoms with Crippen LogP contribution in [0.25, 0.3) is 0 Å². The lowest BCUT2D eigenvalue weighted by Gasteiger charge is -2.19. The Labute approximate surface area is 87.2 Å². The topological polar surface area (TPSA) is 24.4 Å². The highest BCUT2D eigenvalue weighted by molar-refractivity contribution is 5.81. The maximum Gasteiger partial charge on any atom is 0.0938 e. The molecule has 1 fully saturated rings. The Balaban J connectivity index is 1.90. The Morgan fingerprint density at radius 3 is 2.43 bits per heavy atom. The van der Waals surface area contributed by atoms with Gasteiger partial charge in [0.25, 0.3) is 0 Å². The summed E-state index contributed by atoms with van der Waals surface area (Å²) in [6, 6.07) is 1.25. The van der Waals surface area contributed by atoms with Crippen LogP contribution in [0.5, 0.6) is 0 Å². The molecule has 2 aliphatic rings. The summed E-state index contributed by atoms with van der Waals surface area (Å²) in [7, 11) is 0. The zero-order valence-electron chi connectivity index (χ0n) is 9.26. The second-order valence-electron chi connectivity index (χ2n) is 4.73. The van der Waals surface area contributed by atoms with Gasteiger partial charge < -0.3 is 5.32 Å². The Morgan fingerprint density at radius 1 is 1.00 bits per heavy atom. The first-order valence-corrected chi connectivity index (χ1v) is 6.17. The van der Waals surface area contributed by atoms with Gasteiger partial charge in [0.1, 0.15) is 0 Å². The normalized spacial score (nSPS) is 34.2. The lowest BCUT2D eigenvalue weighted by atomic mass is 9.94. The minimum Gasteiger partial charge on any atom is -0.369 e. The first kappa shape index (κ1) is 10.0. The van der Waals surface area contributed by atoms with Crippen LogP contribution in [0.4, 0.5) is 0 Å². The van der Waals surface area contributed by atoms with Crippen LogP contribution >= 0.6 is 0 Å². The molecule has 2 unspecified atom stereocenters. The zero-order valence-corrected chi connectivity index (χ0v) is 9.26. The van der Waals surface area contributed by atoms with Crippen LogP contribution < -0.4 is 5.32 Å². The van der Waals surface area contributed by atoms with E-state index in [-0.39, 0.29) is 0 Å². The maximum absolute atomic E-state index is 4.69. The summed E-state index contributed by atoms with van der Waals surface area (Å²) in [5.74, 6) is 1.17. The average molecular weight is 194 g/mol. The van der Waals surface area contributed by atoms with Crippen molar-refractivity contribution in [2.75, 3.05) is 0 Å². The molecule has 0 saturated heterocycles. The van der Waals surface area contributed by atoms with Gasteiger partial charge in [-0.15, -0.1) is 0 Å². The molecule has 80 valence electrons. The molecular weight excluding hydrogens is 172 g/mol. The van der Waals surface area contributed by atoms with Crippen molar-refractivity contribution in [3.05, 3.63) is 0 Å². The Kier molecular flexibility index (Phi) is 3.44. The van der Waals surface area contributed by atoms with E-state index in [9.17, 15) is 0 Å².